The Bertz CT molecular complexity index is 470. The summed E-state index contributed by atoms with van der Waals surface area (Å²) in [5, 5.41) is 2.55. The highest BCUT2D eigenvalue weighted by molar-refractivity contribution is 5.80. The lowest BCUT2D eigenvalue weighted by atomic mass is 10.0. The summed E-state index contributed by atoms with van der Waals surface area (Å²) in [6, 6.07) is 7.52. The van der Waals surface area contributed by atoms with E-state index < -0.39 is 5.97 Å². The quantitative estimate of drug-likeness (QED) is 0.553. The molecule has 122 valence electrons. The highest BCUT2D eigenvalue weighted by Gasteiger charge is 2.08. The maximum Gasteiger partial charge on any atom is 0.344 e. The van der Waals surface area contributed by atoms with Gasteiger partial charge in [0, 0.05) is 13.7 Å². The van der Waals surface area contributed by atoms with Crippen LogP contribution in [0.4, 0.5) is 0 Å². The molecule has 0 radical (unpaired) electrons. The third-order valence-electron chi connectivity index (χ3n) is 2.90. The van der Waals surface area contributed by atoms with E-state index in [1.54, 1.807) is 12.1 Å². The molecule has 0 fully saturated rings. The van der Waals surface area contributed by atoms with Crippen LogP contribution in [0.25, 0.3) is 0 Å². The molecule has 1 amide bonds. The van der Waals surface area contributed by atoms with Gasteiger partial charge < -0.3 is 19.5 Å². The van der Waals surface area contributed by atoms with Crippen LogP contribution < -0.4 is 10.1 Å². The largest absolute Gasteiger partial charge is 0.482 e. The summed E-state index contributed by atoms with van der Waals surface area (Å²) in [5.41, 5.74) is 1.20. The van der Waals surface area contributed by atoms with Crippen LogP contribution in [-0.2, 0) is 19.1 Å². The first-order valence-corrected chi connectivity index (χ1v) is 7.17. The van der Waals surface area contributed by atoms with Crippen molar-refractivity contribution in [3.63, 3.8) is 0 Å². The molecule has 1 N–H and O–H groups in total. The molecule has 1 aromatic rings. The topological polar surface area (TPSA) is 73.9 Å². The molecule has 0 aliphatic rings. The van der Waals surface area contributed by atoms with Crippen LogP contribution in [-0.4, -0.2) is 45.4 Å². The summed E-state index contributed by atoms with van der Waals surface area (Å²) in [4.78, 5) is 22.8. The van der Waals surface area contributed by atoms with Crippen LogP contribution in [0, 0.1) is 0 Å². The second-order valence-electron chi connectivity index (χ2n) is 5.02. The lowest BCUT2D eigenvalue weighted by Gasteiger charge is -2.09. The molecule has 22 heavy (non-hydrogen) atoms. The van der Waals surface area contributed by atoms with Crippen molar-refractivity contribution in [3.8, 4) is 5.75 Å². The van der Waals surface area contributed by atoms with E-state index in [0.29, 0.717) is 24.8 Å². The highest BCUT2D eigenvalue weighted by Crippen LogP contribution is 2.18. The molecule has 0 aromatic heterocycles. The molecule has 0 spiro atoms. The van der Waals surface area contributed by atoms with Gasteiger partial charge in [0.1, 0.15) is 5.75 Å². The van der Waals surface area contributed by atoms with Gasteiger partial charge in [-0.3, -0.25) is 4.79 Å². The van der Waals surface area contributed by atoms with E-state index in [0.717, 1.165) is 0 Å². The van der Waals surface area contributed by atoms with Gasteiger partial charge in [0.25, 0.3) is 5.91 Å². The normalized spacial score (nSPS) is 10.4. The molecule has 6 nitrogen and oxygen atoms in total. The molecule has 0 atom stereocenters. The first-order chi connectivity index (χ1) is 10.5. The molecule has 0 saturated heterocycles. The summed E-state index contributed by atoms with van der Waals surface area (Å²) < 4.78 is 14.9. The van der Waals surface area contributed by atoms with E-state index in [4.69, 9.17) is 14.2 Å². The van der Waals surface area contributed by atoms with Crippen molar-refractivity contribution >= 4 is 11.9 Å². The van der Waals surface area contributed by atoms with E-state index in [1.165, 1.54) is 12.7 Å². The van der Waals surface area contributed by atoms with Crippen molar-refractivity contribution < 1.29 is 23.8 Å². The highest BCUT2D eigenvalue weighted by atomic mass is 16.6. The number of hydrogen-bond acceptors (Lipinski definition) is 5. The number of benzene rings is 1. The Morgan fingerprint density at radius 1 is 1.14 bits per heavy atom. The Labute approximate surface area is 130 Å². The second kappa shape index (κ2) is 9.78. The molecule has 0 bridgehead atoms. The second-order valence-corrected chi connectivity index (χ2v) is 5.02. The molecule has 0 saturated carbocycles. The van der Waals surface area contributed by atoms with E-state index in [1.807, 2.05) is 12.1 Å². The first kappa shape index (κ1) is 18.0. The van der Waals surface area contributed by atoms with Gasteiger partial charge in [-0.2, -0.15) is 0 Å². The summed E-state index contributed by atoms with van der Waals surface area (Å²) in [7, 11) is 1.54. The molecule has 0 heterocycles. The summed E-state index contributed by atoms with van der Waals surface area (Å²) in [5.74, 6) is 0.0723. The number of methoxy groups -OCH3 is 1. The van der Waals surface area contributed by atoms with Crippen LogP contribution in [0.3, 0.4) is 0 Å². The first-order valence-electron chi connectivity index (χ1n) is 7.17. The fourth-order valence-corrected chi connectivity index (χ4v) is 1.62. The summed E-state index contributed by atoms with van der Waals surface area (Å²) >= 11 is 0. The predicted molar refractivity (Wildman–Crippen MR) is 81.9 cm³/mol. The van der Waals surface area contributed by atoms with Crippen molar-refractivity contribution in [1.29, 1.82) is 0 Å². The number of ether oxygens (including phenoxy) is 3. The molecular formula is C16H23NO5. The van der Waals surface area contributed by atoms with Gasteiger partial charge in [-0.15, -0.1) is 0 Å². The zero-order valence-corrected chi connectivity index (χ0v) is 13.3. The van der Waals surface area contributed by atoms with Gasteiger partial charge in [0.05, 0.1) is 6.61 Å². The van der Waals surface area contributed by atoms with Gasteiger partial charge in [0.15, 0.2) is 13.2 Å². The van der Waals surface area contributed by atoms with Gasteiger partial charge in [0.2, 0.25) is 0 Å². The van der Waals surface area contributed by atoms with Crippen LogP contribution >= 0.6 is 0 Å². The number of esters is 1. The molecular weight excluding hydrogens is 286 g/mol. The number of hydrogen-bond donors (Lipinski definition) is 1. The smallest absolute Gasteiger partial charge is 0.344 e. The lowest BCUT2D eigenvalue weighted by molar-refractivity contribution is -0.150. The minimum Gasteiger partial charge on any atom is -0.482 e. The van der Waals surface area contributed by atoms with E-state index in [9.17, 15) is 9.59 Å². The molecule has 6 heteroatoms. The van der Waals surface area contributed by atoms with Crippen molar-refractivity contribution in [2.24, 2.45) is 0 Å². The monoisotopic (exact) mass is 309 g/mol. The van der Waals surface area contributed by atoms with E-state index in [-0.39, 0.29) is 19.1 Å². The Kier molecular flexibility index (Phi) is 7.99. The van der Waals surface area contributed by atoms with E-state index in [2.05, 4.69) is 19.2 Å². The maximum absolute atomic E-state index is 11.5. The molecule has 1 aromatic carbocycles. The van der Waals surface area contributed by atoms with Crippen LogP contribution in [0.15, 0.2) is 24.3 Å². The zero-order chi connectivity index (χ0) is 16.4. The summed E-state index contributed by atoms with van der Waals surface area (Å²) in [6.45, 7) is 4.45. The SMILES string of the molecule is COCCNC(=O)COC(=O)COc1ccc(C(C)C)cc1. The Balaban J connectivity index is 2.24. The number of rotatable bonds is 9. The van der Waals surface area contributed by atoms with Crippen molar-refractivity contribution in [2.45, 2.75) is 19.8 Å². The minimum absolute atomic E-state index is 0.230. The number of carbonyl (C=O) groups excluding carboxylic acids is 2. The maximum atomic E-state index is 11.5. The van der Waals surface area contributed by atoms with Crippen LogP contribution in [0.1, 0.15) is 25.3 Å². The van der Waals surface area contributed by atoms with E-state index >= 15 is 0 Å². The summed E-state index contributed by atoms with van der Waals surface area (Å²) in [6.07, 6.45) is 0. The molecule has 1 rings (SSSR count). The number of nitrogens with one attached hydrogen (secondary N) is 1. The fourth-order valence-electron chi connectivity index (χ4n) is 1.62. The number of amides is 1. The Morgan fingerprint density at radius 2 is 1.82 bits per heavy atom. The zero-order valence-electron chi connectivity index (χ0n) is 13.3. The molecule has 0 unspecified atom stereocenters. The fraction of sp³-hybridized carbons (Fsp3) is 0.500. The standard InChI is InChI=1S/C16H23NO5/c1-12(2)13-4-6-14(7-5-13)21-11-16(19)22-10-15(18)17-8-9-20-3/h4-7,12H,8-11H2,1-3H3,(H,17,18). The van der Waals surface area contributed by atoms with Gasteiger partial charge in [-0.25, -0.2) is 4.79 Å². The van der Waals surface area contributed by atoms with Gasteiger partial charge in [-0.1, -0.05) is 26.0 Å². The average molecular weight is 309 g/mol. The van der Waals surface area contributed by atoms with Crippen molar-refractivity contribution in [1.82, 2.24) is 5.32 Å². The third-order valence-corrected chi connectivity index (χ3v) is 2.90. The van der Waals surface area contributed by atoms with Gasteiger partial charge >= 0.3 is 5.97 Å². The number of carbonyl (C=O) groups is 2. The lowest BCUT2D eigenvalue weighted by Crippen LogP contribution is -2.32. The third kappa shape index (κ3) is 7.08. The van der Waals surface area contributed by atoms with Crippen molar-refractivity contribution in [2.75, 3.05) is 33.5 Å². The predicted octanol–water partition coefficient (Wildman–Crippen LogP) is 1.49. The average Bonchev–Trinajstić information content (AvgIpc) is 2.51. The minimum atomic E-state index is -0.588. The molecule has 0 aliphatic heterocycles. The Hall–Kier alpha value is -2.08. The molecule has 0 aliphatic carbocycles. The van der Waals surface area contributed by atoms with Gasteiger partial charge in [-0.05, 0) is 23.6 Å². The Morgan fingerprint density at radius 3 is 2.41 bits per heavy atom. The van der Waals surface area contributed by atoms with Crippen molar-refractivity contribution in [3.05, 3.63) is 29.8 Å². The van der Waals surface area contributed by atoms with Crippen LogP contribution in [0.2, 0.25) is 0 Å². The van der Waals surface area contributed by atoms with Crippen LogP contribution in [0.5, 0.6) is 5.75 Å².